The summed E-state index contributed by atoms with van der Waals surface area (Å²) in [5.41, 5.74) is 5.71. The van der Waals surface area contributed by atoms with Crippen LogP contribution in [0.15, 0.2) is 10.7 Å². The van der Waals surface area contributed by atoms with Crippen molar-refractivity contribution < 1.29 is 13.9 Å². The molecule has 0 aliphatic carbocycles. The van der Waals surface area contributed by atoms with Crippen molar-refractivity contribution in [3.05, 3.63) is 29.5 Å². The largest absolute Gasteiger partial charge is 0.447 e. The molecule has 1 atom stereocenters. The normalized spacial score (nSPS) is 17.6. The van der Waals surface area contributed by atoms with Crippen LogP contribution < -0.4 is 5.73 Å². The molecule has 3 rings (SSSR count). The highest BCUT2D eigenvalue weighted by Gasteiger charge is 2.30. The van der Waals surface area contributed by atoms with Gasteiger partial charge < -0.3 is 24.4 Å². The van der Waals surface area contributed by atoms with Crippen LogP contribution in [0, 0.1) is 0 Å². The molecule has 22 heavy (non-hydrogen) atoms. The Hall–Kier alpha value is -2.26. The molecule has 9 nitrogen and oxygen atoms in total. The number of nitrogens with two attached hydrogens (primary N) is 1. The minimum absolute atomic E-state index is 0.0636. The van der Waals surface area contributed by atoms with E-state index in [1.165, 1.54) is 6.26 Å². The van der Waals surface area contributed by atoms with Gasteiger partial charge >= 0.3 is 0 Å². The van der Waals surface area contributed by atoms with Gasteiger partial charge in [-0.15, -0.1) is 10.2 Å². The zero-order valence-electron chi connectivity index (χ0n) is 12.5. The van der Waals surface area contributed by atoms with E-state index >= 15 is 0 Å². The Balaban J connectivity index is 1.81. The van der Waals surface area contributed by atoms with E-state index in [-0.39, 0.29) is 24.2 Å². The van der Waals surface area contributed by atoms with Crippen LogP contribution >= 0.6 is 0 Å². The van der Waals surface area contributed by atoms with Crippen LogP contribution in [0.4, 0.5) is 0 Å². The number of amides is 1. The fourth-order valence-corrected chi connectivity index (χ4v) is 2.66. The molecule has 0 fully saturated rings. The monoisotopic (exact) mass is 306 g/mol. The lowest BCUT2D eigenvalue weighted by Gasteiger charge is -2.32. The van der Waals surface area contributed by atoms with E-state index in [9.17, 15) is 4.79 Å². The molecular weight excluding hydrogens is 288 g/mol. The summed E-state index contributed by atoms with van der Waals surface area (Å²) in [6.45, 7) is 3.50. The Morgan fingerprint density at radius 2 is 2.36 bits per heavy atom. The summed E-state index contributed by atoms with van der Waals surface area (Å²) in [5.74, 6) is 1.66. The highest BCUT2D eigenvalue weighted by molar-refractivity contribution is 5.92. The molecule has 0 saturated heterocycles. The molecule has 1 aliphatic heterocycles. The summed E-state index contributed by atoms with van der Waals surface area (Å²) >= 11 is 0. The second kappa shape index (κ2) is 5.85. The van der Waals surface area contributed by atoms with Crippen LogP contribution in [-0.4, -0.2) is 44.2 Å². The van der Waals surface area contributed by atoms with Crippen molar-refractivity contribution in [2.45, 2.75) is 32.7 Å². The SMILES string of the molecule is COCc1nnc2n1[C@@H](C)CN(C(=O)c1coc(CN)n1)C2. The topological polar surface area (TPSA) is 112 Å². The maximum atomic E-state index is 12.5. The minimum Gasteiger partial charge on any atom is -0.447 e. The molecule has 118 valence electrons. The van der Waals surface area contributed by atoms with E-state index in [1.54, 1.807) is 12.0 Å². The van der Waals surface area contributed by atoms with E-state index in [2.05, 4.69) is 15.2 Å². The van der Waals surface area contributed by atoms with Crippen LogP contribution in [0.2, 0.25) is 0 Å². The molecule has 0 unspecified atom stereocenters. The van der Waals surface area contributed by atoms with Gasteiger partial charge in [0.25, 0.3) is 5.91 Å². The number of ether oxygens (including phenoxy) is 1. The van der Waals surface area contributed by atoms with E-state index < -0.39 is 0 Å². The summed E-state index contributed by atoms with van der Waals surface area (Å²) in [4.78, 5) is 18.3. The average molecular weight is 306 g/mol. The third-order valence-electron chi connectivity index (χ3n) is 3.60. The fourth-order valence-electron chi connectivity index (χ4n) is 2.66. The van der Waals surface area contributed by atoms with Crippen LogP contribution in [-0.2, 0) is 24.4 Å². The second-order valence-corrected chi connectivity index (χ2v) is 5.20. The first-order valence-electron chi connectivity index (χ1n) is 6.99. The summed E-state index contributed by atoms with van der Waals surface area (Å²) in [7, 11) is 1.62. The predicted octanol–water partition coefficient (Wildman–Crippen LogP) is 0.0882. The summed E-state index contributed by atoms with van der Waals surface area (Å²) in [5, 5.41) is 8.27. The number of carbonyl (C=O) groups excluding carboxylic acids is 1. The van der Waals surface area contributed by atoms with Gasteiger partial charge in [0.1, 0.15) is 12.9 Å². The van der Waals surface area contributed by atoms with E-state index in [4.69, 9.17) is 14.9 Å². The number of nitrogens with zero attached hydrogens (tertiary/aromatic N) is 5. The number of fused-ring (bicyclic) bond motifs is 1. The molecule has 0 radical (unpaired) electrons. The molecule has 0 spiro atoms. The number of rotatable bonds is 4. The molecule has 2 aromatic rings. The van der Waals surface area contributed by atoms with Crippen LogP contribution in [0.3, 0.4) is 0 Å². The van der Waals surface area contributed by atoms with Crippen LogP contribution in [0.5, 0.6) is 0 Å². The van der Waals surface area contributed by atoms with Gasteiger partial charge in [-0.1, -0.05) is 0 Å². The summed E-state index contributed by atoms with van der Waals surface area (Å²) < 4.78 is 12.3. The van der Waals surface area contributed by atoms with Crippen molar-refractivity contribution in [1.82, 2.24) is 24.6 Å². The summed E-state index contributed by atoms with van der Waals surface area (Å²) in [6, 6.07) is 0.0636. The van der Waals surface area contributed by atoms with Crippen molar-refractivity contribution in [3.63, 3.8) is 0 Å². The standard InChI is InChI=1S/C13H18N6O3/c1-8-4-18(13(20)9-6-22-12(3-14)15-9)5-10-16-17-11(7-21-2)19(8)10/h6,8H,3-5,7,14H2,1-2H3/t8-/m0/s1. The highest BCUT2D eigenvalue weighted by atomic mass is 16.5. The van der Waals surface area contributed by atoms with Crippen molar-refractivity contribution in [2.24, 2.45) is 5.73 Å². The van der Waals surface area contributed by atoms with E-state index in [0.29, 0.717) is 25.6 Å². The lowest BCUT2D eigenvalue weighted by molar-refractivity contribution is 0.0669. The van der Waals surface area contributed by atoms with Gasteiger partial charge in [0.15, 0.2) is 17.3 Å². The Labute approximate surface area is 127 Å². The fraction of sp³-hybridized carbons (Fsp3) is 0.538. The average Bonchev–Trinajstić information content (AvgIpc) is 3.14. The number of hydrogen-bond donors (Lipinski definition) is 1. The first-order valence-corrected chi connectivity index (χ1v) is 6.99. The molecule has 0 aromatic carbocycles. The van der Waals surface area contributed by atoms with Gasteiger partial charge in [-0.2, -0.15) is 0 Å². The molecule has 9 heteroatoms. The number of carbonyl (C=O) groups is 1. The maximum absolute atomic E-state index is 12.5. The van der Waals surface area contributed by atoms with Crippen molar-refractivity contribution in [3.8, 4) is 0 Å². The van der Waals surface area contributed by atoms with Gasteiger partial charge in [-0.3, -0.25) is 4.79 Å². The third-order valence-corrected chi connectivity index (χ3v) is 3.60. The highest BCUT2D eigenvalue weighted by Crippen LogP contribution is 2.23. The number of hydrogen-bond acceptors (Lipinski definition) is 7. The first-order chi connectivity index (χ1) is 10.6. The number of aromatic nitrogens is 4. The molecular formula is C13H18N6O3. The lowest BCUT2D eigenvalue weighted by Crippen LogP contribution is -2.41. The molecule has 1 amide bonds. The molecule has 2 aromatic heterocycles. The number of methoxy groups -OCH3 is 1. The number of oxazole rings is 1. The lowest BCUT2D eigenvalue weighted by atomic mass is 10.2. The minimum atomic E-state index is -0.196. The van der Waals surface area contributed by atoms with Crippen LogP contribution in [0.1, 0.15) is 41.0 Å². The quantitative estimate of drug-likeness (QED) is 0.851. The van der Waals surface area contributed by atoms with Gasteiger partial charge in [-0.25, -0.2) is 4.98 Å². The first kappa shape index (κ1) is 14.7. The Kier molecular flexibility index (Phi) is 3.90. The van der Waals surface area contributed by atoms with Crippen molar-refractivity contribution >= 4 is 5.91 Å². The maximum Gasteiger partial charge on any atom is 0.276 e. The van der Waals surface area contributed by atoms with Crippen molar-refractivity contribution in [2.75, 3.05) is 13.7 Å². The van der Waals surface area contributed by atoms with Gasteiger partial charge in [0.2, 0.25) is 5.89 Å². The molecule has 0 saturated carbocycles. The third kappa shape index (κ3) is 2.48. The van der Waals surface area contributed by atoms with E-state index in [0.717, 1.165) is 11.6 Å². The van der Waals surface area contributed by atoms with Gasteiger partial charge in [-0.05, 0) is 6.92 Å². The Morgan fingerprint density at radius 1 is 1.55 bits per heavy atom. The Bertz CT molecular complexity index is 679. The molecule has 2 N–H and O–H groups in total. The smallest absolute Gasteiger partial charge is 0.276 e. The van der Waals surface area contributed by atoms with Gasteiger partial charge in [0, 0.05) is 13.7 Å². The molecule has 0 bridgehead atoms. The summed E-state index contributed by atoms with van der Waals surface area (Å²) in [6.07, 6.45) is 1.34. The Morgan fingerprint density at radius 3 is 3.05 bits per heavy atom. The zero-order chi connectivity index (χ0) is 15.7. The van der Waals surface area contributed by atoms with Crippen molar-refractivity contribution in [1.29, 1.82) is 0 Å². The van der Waals surface area contributed by atoms with Gasteiger partial charge in [0.05, 0.1) is 19.1 Å². The zero-order valence-corrected chi connectivity index (χ0v) is 12.5. The predicted molar refractivity (Wildman–Crippen MR) is 74.6 cm³/mol. The molecule has 1 aliphatic rings. The second-order valence-electron chi connectivity index (χ2n) is 5.20. The molecule has 3 heterocycles. The van der Waals surface area contributed by atoms with E-state index in [1.807, 2.05) is 11.5 Å². The van der Waals surface area contributed by atoms with Crippen LogP contribution in [0.25, 0.3) is 0 Å².